The van der Waals surface area contributed by atoms with Gasteiger partial charge in [-0.2, -0.15) is 8.78 Å². The summed E-state index contributed by atoms with van der Waals surface area (Å²) in [5.74, 6) is -6.42. The average molecular weight is 579 g/mol. The van der Waals surface area contributed by atoms with Crippen LogP contribution in [-0.4, -0.2) is 71.2 Å². The number of benzene rings is 1. The number of halogens is 6. The van der Waals surface area contributed by atoms with Crippen molar-refractivity contribution in [2.45, 2.75) is 32.1 Å². The molecule has 2 saturated heterocycles. The van der Waals surface area contributed by atoms with Gasteiger partial charge in [-0.05, 0) is 26.0 Å². The second-order valence-electron chi connectivity index (χ2n) is 9.99. The molecule has 2 aliphatic heterocycles. The number of nitrogens with zero attached hydrogens (tertiary/aromatic N) is 4. The van der Waals surface area contributed by atoms with E-state index in [1.165, 1.54) is 21.9 Å². The predicted molar refractivity (Wildman–Crippen MR) is 128 cm³/mol. The molecule has 1 atom stereocenters. The third kappa shape index (κ3) is 4.84. The number of amides is 2. The van der Waals surface area contributed by atoms with Crippen LogP contribution >= 0.6 is 23.2 Å². The molecule has 4 rings (SSSR count). The number of carbonyl (C=O) groups excluding carboxylic acids is 2. The maximum absolute atomic E-state index is 15.2. The zero-order valence-corrected chi connectivity index (χ0v) is 21.9. The summed E-state index contributed by atoms with van der Waals surface area (Å²) in [6.45, 7) is 5.72. The third-order valence-corrected chi connectivity index (χ3v) is 7.65. The van der Waals surface area contributed by atoms with E-state index in [4.69, 9.17) is 32.4 Å². The summed E-state index contributed by atoms with van der Waals surface area (Å²) in [4.78, 5) is 27.9. The molecule has 0 saturated carbocycles. The van der Waals surface area contributed by atoms with Crippen molar-refractivity contribution in [3.05, 3.63) is 58.2 Å². The maximum atomic E-state index is 15.2. The zero-order valence-electron chi connectivity index (χ0n) is 20.4. The molecule has 3 heterocycles. The van der Waals surface area contributed by atoms with E-state index in [2.05, 4.69) is 16.8 Å². The molecule has 0 N–H and O–H groups in total. The summed E-state index contributed by atoms with van der Waals surface area (Å²) in [6.07, 6.45) is -2.20. The van der Waals surface area contributed by atoms with Crippen molar-refractivity contribution >= 4 is 35.2 Å². The Morgan fingerprint density at radius 3 is 2.47 bits per heavy atom. The molecule has 38 heavy (non-hydrogen) atoms. The molecular weight excluding hydrogens is 555 g/mol. The van der Waals surface area contributed by atoms with Gasteiger partial charge in [-0.25, -0.2) is 13.6 Å². The Bertz CT molecular complexity index is 1250. The first-order chi connectivity index (χ1) is 17.7. The van der Waals surface area contributed by atoms with Gasteiger partial charge in [-0.15, -0.1) is 10.2 Å². The second kappa shape index (κ2) is 10.0. The molecule has 2 amide bonds. The number of alkyl halides is 4. The van der Waals surface area contributed by atoms with Gasteiger partial charge in [-0.1, -0.05) is 41.9 Å². The maximum Gasteiger partial charge on any atom is 0.410 e. The van der Waals surface area contributed by atoms with E-state index >= 15 is 8.78 Å². The highest BCUT2D eigenvalue weighted by atomic mass is 35.5. The molecule has 1 aromatic carbocycles. The number of hydrogen-bond donors (Lipinski definition) is 0. The lowest BCUT2D eigenvalue weighted by Gasteiger charge is -2.51. The van der Waals surface area contributed by atoms with Gasteiger partial charge in [0, 0.05) is 37.2 Å². The van der Waals surface area contributed by atoms with Crippen molar-refractivity contribution in [1.29, 1.82) is 0 Å². The summed E-state index contributed by atoms with van der Waals surface area (Å²) < 4.78 is 67.8. The van der Waals surface area contributed by atoms with E-state index in [1.54, 1.807) is 0 Å². The van der Waals surface area contributed by atoms with Crippen LogP contribution in [0.15, 0.2) is 35.3 Å². The van der Waals surface area contributed by atoms with Gasteiger partial charge in [0.1, 0.15) is 12.0 Å². The third-order valence-electron chi connectivity index (χ3n) is 6.92. The molecule has 1 aromatic heterocycles. The highest BCUT2D eigenvalue weighted by Gasteiger charge is 2.60. The summed E-state index contributed by atoms with van der Waals surface area (Å²) in [5, 5.41) is 7.39. The molecule has 8 nitrogen and oxygen atoms in total. The quantitative estimate of drug-likeness (QED) is 0.325. The van der Waals surface area contributed by atoms with Crippen LogP contribution in [0.2, 0.25) is 10.0 Å². The van der Waals surface area contributed by atoms with Crippen LogP contribution in [0.5, 0.6) is 0 Å². The van der Waals surface area contributed by atoms with Gasteiger partial charge < -0.3 is 19.0 Å². The van der Waals surface area contributed by atoms with E-state index in [1.807, 2.05) is 0 Å². The Morgan fingerprint density at radius 1 is 1.21 bits per heavy atom. The Labute approximate surface area is 225 Å². The highest BCUT2D eigenvalue weighted by molar-refractivity contribution is 6.42. The highest BCUT2D eigenvalue weighted by Crippen LogP contribution is 2.51. The number of aromatic nitrogens is 2. The summed E-state index contributed by atoms with van der Waals surface area (Å²) in [7, 11) is 0. The lowest BCUT2D eigenvalue weighted by Crippen LogP contribution is -2.64. The van der Waals surface area contributed by atoms with Crippen molar-refractivity contribution < 1.29 is 36.3 Å². The summed E-state index contributed by atoms with van der Waals surface area (Å²) >= 11 is 11.7. The lowest BCUT2D eigenvalue weighted by molar-refractivity contribution is -0.161. The van der Waals surface area contributed by atoms with Crippen molar-refractivity contribution in [3.63, 3.8) is 0 Å². The second-order valence-corrected chi connectivity index (χ2v) is 10.8. The predicted octanol–water partition coefficient (Wildman–Crippen LogP) is 5.36. The largest absolute Gasteiger partial charge is 0.445 e. The van der Waals surface area contributed by atoms with Gasteiger partial charge in [0.25, 0.3) is 12.3 Å². The normalized spacial score (nSPS) is 19.1. The Kier molecular flexibility index (Phi) is 7.43. The first-order valence-electron chi connectivity index (χ1n) is 11.5. The van der Waals surface area contributed by atoms with E-state index < -0.39 is 52.6 Å². The van der Waals surface area contributed by atoms with Crippen LogP contribution in [0.1, 0.15) is 37.1 Å². The smallest absolute Gasteiger partial charge is 0.410 e. The van der Waals surface area contributed by atoms with Crippen molar-refractivity contribution in [2.75, 3.05) is 32.8 Å². The fourth-order valence-corrected chi connectivity index (χ4v) is 4.96. The molecule has 2 aromatic rings. The first-order valence-corrected chi connectivity index (χ1v) is 12.3. The van der Waals surface area contributed by atoms with E-state index in [9.17, 15) is 18.4 Å². The van der Waals surface area contributed by atoms with Gasteiger partial charge in [0.2, 0.25) is 11.8 Å². The minimum absolute atomic E-state index is 0.0151. The molecule has 1 spiro atoms. The van der Waals surface area contributed by atoms with Crippen molar-refractivity contribution in [1.82, 2.24) is 20.0 Å². The fraction of sp³-hybridized carbons (Fsp3) is 0.500. The molecule has 14 heteroatoms. The fourth-order valence-electron chi connectivity index (χ4n) is 4.67. The SMILES string of the molecule is C=CCOC(=O)N1CC(c2nnc(C(F)(F)c3ccc(Cl)c(Cl)c3)o2)C2(C1)CN(C(=O)C(C)(C)C(F)F)C2. The molecule has 0 aliphatic carbocycles. The topological polar surface area (TPSA) is 88.8 Å². The molecule has 206 valence electrons. The van der Waals surface area contributed by atoms with E-state index in [0.29, 0.717) is 0 Å². The molecule has 0 radical (unpaired) electrons. The molecule has 1 unspecified atom stereocenters. The number of likely N-dealkylation sites (tertiary alicyclic amines) is 2. The number of hydrogen-bond acceptors (Lipinski definition) is 6. The minimum Gasteiger partial charge on any atom is -0.445 e. The Hall–Kier alpha value is -2.86. The first kappa shape index (κ1) is 28.2. The van der Waals surface area contributed by atoms with Crippen molar-refractivity contribution in [2.24, 2.45) is 10.8 Å². The van der Waals surface area contributed by atoms with Gasteiger partial charge in [0.15, 0.2) is 0 Å². The van der Waals surface area contributed by atoms with Crippen LogP contribution in [0.4, 0.5) is 22.4 Å². The monoisotopic (exact) mass is 578 g/mol. The van der Waals surface area contributed by atoms with Crippen LogP contribution in [0.3, 0.4) is 0 Å². The summed E-state index contributed by atoms with van der Waals surface area (Å²) in [6, 6.07) is 3.28. The summed E-state index contributed by atoms with van der Waals surface area (Å²) in [5.41, 5.74) is -3.32. The van der Waals surface area contributed by atoms with E-state index in [0.717, 1.165) is 26.0 Å². The molecule has 2 fully saturated rings. The minimum atomic E-state index is -3.71. The Balaban J connectivity index is 1.62. The van der Waals surface area contributed by atoms with Crippen molar-refractivity contribution in [3.8, 4) is 0 Å². The molecule has 2 aliphatic rings. The van der Waals surface area contributed by atoms with Crippen LogP contribution < -0.4 is 0 Å². The van der Waals surface area contributed by atoms with Gasteiger partial charge in [-0.3, -0.25) is 4.79 Å². The van der Waals surface area contributed by atoms with E-state index in [-0.39, 0.29) is 48.7 Å². The molecular formula is C24H24Cl2F4N4O4. The lowest BCUT2D eigenvalue weighted by atomic mass is 9.70. The van der Waals surface area contributed by atoms with Gasteiger partial charge >= 0.3 is 12.0 Å². The van der Waals surface area contributed by atoms with Crippen LogP contribution in [0.25, 0.3) is 0 Å². The zero-order chi connectivity index (χ0) is 28.0. The molecule has 0 bridgehead atoms. The number of ether oxygens (including phenoxy) is 1. The van der Waals surface area contributed by atoms with Crippen LogP contribution in [0, 0.1) is 10.8 Å². The standard InChI is InChI=1S/C24H24Cl2F4N4O4/c1-4-7-37-21(36)33-9-14(23(10-33)11-34(12-23)20(35)22(2,3)18(27)28)17-31-32-19(38-17)24(29,30)13-5-6-15(25)16(26)8-13/h4-6,8,14,18H,1,7,9-12H2,2-3H3. The van der Waals surface area contributed by atoms with Crippen LogP contribution in [-0.2, 0) is 15.5 Å². The Morgan fingerprint density at radius 2 is 1.87 bits per heavy atom. The average Bonchev–Trinajstić information content (AvgIpc) is 3.48. The van der Waals surface area contributed by atoms with Gasteiger partial charge in [0.05, 0.1) is 16.0 Å². The number of rotatable bonds is 7. The number of carbonyl (C=O) groups is 2.